The Morgan fingerprint density at radius 1 is 1.28 bits per heavy atom. The number of fused-ring (bicyclic) bond motifs is 1. The molecule has 2 N–H and O–H groups in total. The maximum Gasteiger partial charge on any atom is 0.254 e. The summed E-state index contributed by atoms with van der Waals surface area (Å²) < 4.78 is 7.20. The maximum absolute atomic E-state index is 12.9. The Balaban J connectivity index is 1.43. The van der Waals surface area contributed by atoms with Crippen LogP contribution in [0.15, 0.2) is 53.3 Å². The summed E-state index contributed by atoms with van der Waals surface area (Å²) in [5.74, 6) is 1.21. The molecule has 2 amide bonds. The summed E-state index contributed by atoms with van der Waals surface area (Å²) in [4.78, 5) is 31.4. The van der Waals surface area contributed by atoms with Gasteiger partial charge in [0.05, 0.1) is 31.0 Å². The van der Waals surface area contributed by atoms with E-state index in [2.05, 4.69) is 10.3 Å². The van der Waals surface area contributed by atoms with Crippen LogP contribution in [0.25, 0.3) is 0 Å². The Morgan fingerprint density at radius 2 is 2.14 bits per heavy atom. The van der Waals surface area contributed by atoms with E-state index in [1.165, 1.54) is 12.1 Å². The first kappa shape index (κ1) is 18.8. The number of carbonyl (C=O) groups is 2. The minimum Gasteiger partial charge on any atom is -0.508 e. The van der Waals surface area contributed by atoms with Crippen LogP contribution in [0.3, 0.4) is 0 Å². The normalized spacial score (nSPS) is 15.8. The van der Waals surface area contributed by atoms with Crippen LogP contribution in [0, 0.1) is 0 Å². The smallest absolute Gasteiger partial charge is 0.254 e. The predicted octanol–water partition coefficient (Wildman–Crippen LogP) is 2.26. The van der Waals surface area contributed by atoms with Gasteiger partial charge in [0, 0.05) is 24.8 Å². The quantitative estimate of drug-likeness (QED) is 0.691. The van der Waals surface area contributed by atoms with Crippen LogP contribution in [-0.2, 0) is 24.3 Å². The predicted molar refractivity (Wildman–Crippen MR) is 104 cm³/mol. The summed E-state index contributed by atoms with van der Waals surface area (Å²) in [6.07, 6.45) is 3.60. The molecule has 0 unspecified atom stereocenters. The van der Waals surface area contributed by atoms with Crippen LogP contribution in [0.1, 0.15) is 40.6 Å². The lowest BCUT2D eigenvalue weighted by molar-refractivity contribution is -0.120. The number of hydrogen-bond acceptors (Lipinski definition) is 5. The van der Waals surface area contributed by atoms with Crippen molar-refractivity contribution in [2.45, 2.75) is 32.5 Å². The molecule has 0 saturated carbocycles. The van der Waals surface area contributed by atoms with Gasteiger partial charge in [0.1, 0.15) is 17.3 Å². The minimum atomic E-state index is -0.237. The molecule has 0 bridgehead atoms. The standard InChI is InChI=1S/C21H22N4O4/c1-14-20-23-16(11-19(27)22-12-18-6-3-9-29-18)13-24(20)7-8-25(14)21(28)15-4-2-5-17(26)10-15/h2-6,9-10,13-14,26H,7-8,11-12H2,1H3,(H,22,27)/t14-/m1/s1. The second-order valence-electron chi connectivity index (χ2n) is 7.04. The van der Waals surface area contributed by atoms with Crippen LogP contribution >= 0.6 is 0 Å². The van der Waals surface area contributed by atoms with E-state index in [0.29, 0.717) is 36.7 Å². The van der Waals surface area contributed by atoms with Crippen LogP contribution in [0.2, 0.25) is 0 Å². The van der Waals surface area contributed by atoms with Gasteiger partial charge in [-0.1, -0.05) is 6.07 Å². The fraction of sp³-hybridized carbons (Fsp3) is 0.286. The number of amides is 2. The van der Waals surface area contributed by atoms with Crippen molar-refractivity contribution in [3.63, 3.8) is 0 Å². The van der Waals surface area contributed by atoms with E-state index < -0.39 is 0 Å². The fourth-order valence-electron chi connectivity index (χ4n) is 3.54. The van der Waals surface area contributed by atoms with E-state index in [4.69, 9.17) is 4.42 Å². The third kappa shape index (κ3) is 4.01. The monoisotopic (exact) mass is 394 g/mol. The lowest BCUT2D eigenvalue weighted by Crippen LogP contribution is -2.41. The Hall–Kier alpha value is -3.55. The van der Waals surface area contributed by atoms with Gasteiger partial charge in [-0.2, -0.15) is 0 Å². The van der Waals surface area contributed by atoms with Crippen molar-refractivity contribution in [1.82, 2.24) is 19.8 Å². The lowest BCUT2D eigenvalue weighted by Gasteiger charge is -2.33. The van der Waals surface area contributed by atoms with E-state index in [9.17, 15) is 14.7 Å². The van der Waals surface area contributed by atoms with E-state index in [1.807, 2.05) is 17.7 Å². The van der Waals surface area contributed by atoms with E-state index in [0.717, 1.165) is 5.82 Å². The number of hydrogen-bond donors (Lipinski definition) is 2. The molecule has 3 aromatic rings. The third-order valence-corrected chi connectivity index (χ3v) is 5.02. The second kappa shape index (κ2) is 7.83. The molecule has 29 heavy (non-hydrogen) atoms. The number of imidazole rings is 1. The highest BCUT2D eigenvalue weighted by atomic mass is 16.3. The summed E-state index contributed by atoms with van der Waals surface area (Å²) >= 11 is 0. The van der Waals surface area contributed by atoms with Crippen molar-refractivity contribution in [1.29, 1.82) is 0 Å². The molecule has 3 heterocycles. The number of nitrogens with zero attached hydrogens (tertiary/aromatic N) is 3. The molecule has 8 nitrogen and oxygen atoms in total. The highest BCUT2D eigenvalue weighted by Gasteiger charge is 2.30. The maximum atomic E-state index is 12.9. The number of aromatic hydroxyl groups is 1. The molecule has 0 spiro atoms. The van der Waals surface area contributed by atoms with Crippen molar-refractivity contribution in [3.8, 4) is 5.75 Å². The largest absolute Gasteiger partial charge is 0.508 e. The molecule has 4 rings (SSSR count). The summed E-state index contributed by atoms with van der Waals surface area (Å²) in [5, 5.41) is 12.5. The first-order valence-corrected chi connectivity index (χ1v) is 9.46. The first-order valence-electron chi connectivity index (χ1n) is 9.46. The molecule has 0 saturated heterocycles. The number of aromatic nitrogens is 2. The molecule has 0 radical (unpaired) electrons. The molecule has 1 aliphatic heterocycles. The van der Waals surface area contributed by atoms with Gasteiger partial charge in [-0.15, -0.1) is 0 Å². The molecule has 1 aromatic carbocycles. The molecule has 8 heteroatoms. The minimum absolute atomic E-state index is 0.0601. The highest BCUT2D eigenvalue weighted by Crippen LogP contribution is 2.27. The number of phenolic OH excluding ortho intramolecular Hbond substituents is 1. The van der Waals surface area contributed by atoms with Crippen molar-refractivity contribution in [2.24, 2.45) is 0 Å². The van der Waals surface area contributed by atoms with Crippen molar-refractivity contribution < 1.29 is 19.1 Å². The van der Waals surface area contributed by atoms with Gasteiger partial charge in [-0.05, 0) is 37.3 Å². The van der Waals surface area contributed by atoms with Crippen LogP contribution in [0.4, 0.5) is 0 Å². The third-order valence-electron chi connectivity index (χ3n) is 5.02. The molecule has 1 atom stereocenters. The summed E-state index contributed by atoms with van der Waals surface area (Å²) in [6, 6.07) is 9.67. The molecule has 1 aliphatic rings. The van der Waals surface area contributed by atoms with Gasteiger partial charge >= 0.3 is 0 Å². The average Bonchev–Trinajstić information content (AvgIpc) is 3.36. The average molecular weight is 394 g/mol. The molecule has 2 aromatic heterocycles. The topological polar surface area (TPSA) is 101 Å². The molecular formula is C21H22N4O4. The van der Waals surface area contributed by atoms with Gasteiger partial charge in [0.2, 0.25) is 5.91 Å². The first-order chi connectivity index (χ1) is 14.0. The Bertz CT molecular complexity index is 1030. The van der Waals surface area contributed by atoms with Crippen LogP contribution < -0.4 is 5.32 Å². The van der Waals surface area contributed by atoms with Gasteiger partial charge in [0.25, 0.3) is 5.91 Å². The van der Waals surface area contributed by atoms with Crippen LogP contribution in [0.5, 0.6) is 5.75 Å². The molecule has 0 aliphatic carbocycles. The molecule has 0 fully saturated rings. The second-order valence-corrected chi connectivity index (χ2v) is 7.04. The van der Waals surface area contributed by atoms with E-state index >= 15 is 0 Å². The SMILES string of the molecule is C[C@@H]1c2nc(CC(=O)NCc3ccco3)cn2CCN1C(=O)c1cccc(O)c1. The fourth-order valence-corrected chi connectivity index (χ4v) is 3.54. The number of furan rings is 1. The molecular weight excluding hydrogens is 372 g/mol. The number of benzene rings is 1. The summed E-state index contributed by atoms with van der Waals surface area (Å²) in [5.41, 5.74) is 1.10. The number of carbonyl (C=O) groups excluding carboxylic acids is 2. The van der Waals surface area contributed by atoms with Crippen molar-refractivity contribution in [2.75, 3.05) is 6.54 Å². The Morgan fingerprint density at radius 3 is 2.90 bits per heavy atom. The van der Waals surface area contributed by atoms with Gasteiger partial charge in [-0.3, -0.25) is 9.59 Å². The zero-order valence-electron chi connectivity index (χ0n) is 16.0. The van der Waals surface area contributed by atoms with Gasteiger partial charge in [0.15, 0.2) is 0 Å². The number of phenols is 1. The van der Waals surface area contributed by atoms with Crippen LogP contribution in [-0.4, -0.2) is 37.9 Å². The number of nitrogens with one attached hydrogen (secondary N) is 1. The summed E-state index contributed by atoms with van der Waals surface area (Å²) in [6.45, 7) is 3.38. The zero-order chi connectivity index (χ0) is 20.4. The van der Waals surface area contributed by atoms with Gasteiger partial charge in [-0.25, -0.2) is 4.98 Å². The van der Waals surface area contributed by atoms with Gasteiger partial charge < -0.3 is 24.3 Å². The molecule has 150 valence electrons. The van der Waals surface area contributed by atoms with E-state index in [-0.39, 0.29) is 30.0 Å². The summed E-state index contributed by atoms with van der Waals surface area (Å²) in [7, 11) is 0. The Labute approximate surface area is 167 Å². The Kier molecular flexibility index (Phi) is 5.07. The highest BCUT2D eigenvalue weighted by molar-refractivity contribution is 5.94. The van der Waals surface area contributed by atoms with E-state index in [1.54, 1.807) is 35.4 Å². The van der Waals surface area contributed by atoms with Crippen molar-refractivity contribution >= 4 is 11.8 Å². The number of rotatable bonds is 5. The lowest BCUT2D eigenvalue weighted by atomic mass is 10.1. The zero-order valence-corrected chi connectivity index (χ0v) is 16.0. The van der Waals surface area contributed by atoms with Crippen molar-refractivity contribution in [3.05, 3.63) is 71.7 Å².